The van der Waals surface area contributed by atoms with Crippen LogP contribution < -0.4 is 0 Å². The van der Waals surface area contributed by atoms with Crippen molar-refractivity contribution in [1.82, 2.24) is 4.57 Å². The average Bonchev–Trinajstić information content (AvgIpc) is 3.69. The molecule has 1 aliphatic carbocycles. The lowest BCUT2D eigenvalue weighted by Crippen LogP contribution is -1.95. The van der Waals surface area contributed by atoms with E-state index in [-0.39, 0.29) is 5.78 Å². The third kappa shape index (κ3) is 4.76. The van der Waals surface area contributed by atoms with Gasteiger partial charge in [0, 0.05) is 33.2 Å². The van der Waals surface area contributed by atoms with E-state index in [0.717, 1.165) is 50.2 Å². The van der Waals surface area contributed by atoms with Crippen LogP contribution in [0.25, 0.3) is 83.1 Å². The molecule has 238 valence electrons. The van der Waals surface area contributed by atoms with Crippen LogP contribution in [0.15, 0.2) is 188 Å². The minimum atomic E-state index is 0.105. The zero-order valence-electron chi connectivity index (χ0n) is 27.8. The van der Waals surface area contributed by atoms with Crippen LogP contribution in [0.2, 0.25) is 0 Å². The van der Waals surface area contributed by atoms with Crippen molar-refractivity contribution < 1.29 is 4.79 Å². The van der Waals surface area contributed by atoms with Gasteiger partial charge in [-0.2, -0.15) is 0 Å². The molecule has 0 bridgehead atoms. The maximum absolute atomic E-state index is 13.2. The molecule has 0 radical (unpaired) electrons. The monoisotopic (exact) mass is 649 g/mol. The van der Waals surface area contributed by atoms with Gasteiger partial charge in [-0.1, -0.05) is 152 Å². The maximum atomic E-state index is 13.2. The van der Waals surface area contributed by atoms with Gasteiger partial charge in [-0.25, -0.2) is 0 Å². The SMILES string of the molecule is O=C1c2ccccc2-c2c1cccc2-c1ccc(-c2cccc(-n3c4ccc(-c5ccccc5)cc4c4cc(-c5ccccc5)ccc43)c2)cc1. The van der Waals surface area contributed by atoms with Gasteiger partial charge in [-0.05, 0) is 86.5 Å². The first-order valence-corrected chi connectivity index (χ1v) is 17.4. The Morgan fingerprint density at radius 3 is 1.41 bits per heavy atom. The van der Waals surface area contributed by atoms with Crippen LogP contribution in [-0.4, -0.2) is 10.4 Å². The first-order chi connectivity index (χ1) is 25.2. The minimum Gasteiger partial charge on any atom is -0.309 e. The van der Waals surface area contributed by atoms with Crippen LogP contribution in [-0.2, 0) is 0 Å². The summed E-state index contributed by atoms with van der Waals surface area (Å²) in [6.45, 7) is 0. The molecule has 1 heterocycles. The first kappa shape index (κ1) is 29.2. The van der Waals surface area contributed by atoms with Gasteiger partial charge in [-0.3, -0.25) is 4.79 Å². The highest BCUT2D eigenvalue weighted by molar-refractivity contribution is 6.23. The molecule has 10 rings (SSSR count). The summed E-state index contributed by atoms with van der Waals surface area (Å²) >= 11 is 0. The van der Waals surface area contributed by atoms with E-state index in [4.69, 9.17) is 0 Å². The smallest absolute Gasteiger partial charge is 0.194 e. The molecule has 0 fully saturated rings. The zero-order chi connectivity index (χ0) is 33.9. The molecule has 9 aromatic rings. The second-order valence-electron chi connectivity index (χ2n) is 13.3. The van der Waals surface area contributed by atoms with E-state index in [1.807, 2.05) is 30.3 Å². The van der Waals surface area contributed by atoms with Crippen molar-refractivity contribution in [2.24, 2.45) is 0 Å². The Morgan fingerprint density at radius 1 is 0.314 bits per heavy atom. The molecule has 2 heteroatoms. The van der Waals surface area contributed by atoms with Crippen molar-refractivity contribution >= 4 is 27.6 Å². The van der Waals surface area contributed by atoms with Gasteiger partial charge in [0.25, 0.3) is 0 Å². The molecule has 0 saturated carbocycles. The second kappa shape index (κ2) is 11.7. The normalized spacial score (nSPS) is 12.0. The molecule has 2 nitrogen and oxygen atoms in total. The molecule has 0 atom stereocenters. The fraction of sp³-hybridized carbons (Fsp3) is 0. The van der Waals surface area contributed by atoms with Crippen LogP contribution in [0.5, 0.6) is 0 Å². The lowest BCUT2D eigenvalue weighted by Gasteiger charge is -2.12. The van der Waals surface area contributed by atoms with E-state index < -0.39 is 0 Å². The number of aromatic nitrogens is 1. The summed E-state index contributed by atoms with van der Waals surface area (Å²) in [5.41, 5.74) is 16.4. The van der Waals surface area contributed by atoms with Crippen molar-refractivity contribution in [3.05, 3.63) is 199 Å². The van der Waals surface area contributed by atoms with Gasteiger partial charge < -0.3 is 4.57 Å². The fourth-order valence-electron chi connectivity index (χ4n) is 7.91. The Labute approximate surface area is 296 Å². The predicted molar refractivity (Wildman–Crippen MR) is 211 cm³/mol. The van der Waals surface area contributed by atoms with Crippen molar-refractivity contribution in [3.8, 4) is 61.3 Å². The van der Waals surface area contributed by atoms with Gasteiger partial charge in [0.15, 0.2) is 5.78 Å². The van der Waals surface area contributed by atoms with Gasteiger partial charge in [0.05, 0.1) is 11.0 Å². The number of carbonyl (C=O) groups is 1. The maximum Gasteiger partial charge on any atom is 0.194 e. The average molecular weight is 650 g/mol. The van der Waals surface area contributed by atoms with E-state index in [0.29, 0.717) is 0 Å². The fourth-order valence-corrected chi connectivity index (χ4v) is 7.91. The Hall–Kier alpha value is -6.77. The van der Waals surface area contributed by atoms with Crippen LogP contribution in [0.1, 0.15) is 15.9 Å². The molecular formula is C49H31NO. The summed E-state index contributed by atoms with van der Waals surface area (Å²) in [6, 6.07) is 66.5. The Kier molecular flexibility index (Phi) is 6.68. The van der Waals surface area contributed by atoms with E-state index in [2.05, 4.69) is 162 Å². The summed E-state index contributed by atoms with van der Waals surface area (Å²) in [4.78, 5) is 13.2. The molecular weight excluding hydrogens is 619 g/mol. The summed E-state index contributed by atoms with van der Waals surface area (Å²) in [5.74, 6) is 0.105. The Bertz CT molecular complexity index is 2690. The topological polar surface area (TPSA) is 22.0 Å². The molecule has 0 spiro atoms. The number of fused-ring (bicyclic) bond motifs is 6. The molecule has 0 saturated heterocycles. The highest BCUT2D eigenvalue weighted by Crippen LogP contribution is 2.43. The summed E-state index contributed by atoms with van der Waals surface area (Å²) in [6.07, 6.45) is 0. The van der Waals surface area contributed by atoms with Gasteiger partial charge in [-0.15, -0.1) is 0 Å². The van der Waals surface area contributed by atoms with Crippen molar-refractivity contribution in [3.63, 3.8) is 0 Å². The van der Waals surface area contributed by atoms with E-state index in [1.54, 1.807) is 0 Å². The standard InChI is InChI=1S/C49H31NO/c51-49-42-18-8-7-17-41(42)48-40(19-10-20-43(48)49)35-23-21-34(22-24-35)36-15-9-16-39(29-36)50-46-27-25-37(32-11-3-1-4-12-32)30-44(46)45-31-38(26-28-47(45)50)33-13-5-2-6-14-33/h1-31H. The quantitative estimate of drug-likeness (QED) is 0.182. The van der Waals surface area contributed by atoms with E-state index in [9.17, 15) is 4.79 Å². The Balaban J connectivity index is 1.08. The molecule has 0 N–H and O–H groups in total. The molecule has 0 amide bonds. The largest absolute Gasteiger partial charge is 0.309 e. The highest BCUT2D eigenvalue weighted by Gasteiger charge is 2.28. The van der Waals surface area contributed by atoms with Crippen LogP contribution in [0.3, 0.4) is 0 Å². The van der Waals surface area contributed by atoms with Crippen LogP contribution in [0.4, 0.5) is 0 Å². The molecule has 1 aromatic heterocycles. The molecule has 1 aliphatic rings. The molecule has 0 aliphatic heterocycles. The van der Waals surface area contributed by atoms with Crippen molar-refractivity contribution in [2.45, 2.75) is 0 Å². The minimum absolute atomic E-state index is 0.105. The first-order valence-electron chi connectivity index (χ1n) is 17.4. The third-order valence-electron chi connectivity index (χ3n) is 10.4. The van der Waals surface area contributed by atoms with Crippen LogP contribution in [0, 0.1) is 0 Å². The van der Waals surface area contributed by atoms with Gasteiger partial charge in [0.1, 0.15) is 0 Å². The second-order valence-corrected chi connectivity index (χ2v) is 13.3. The van der Waals surface area contributed by atoms with Gasteiger partial charge in [0.2, 0.25) is 0 Å². The summed E-state index contributed by atoms with van der Waals surface area (Å²) in [7, 11) is 0. The predicted octanol–water partition coefficient (Wildman–Crippen LogP) is 12.7. The lowest BCUT2D eigenvalue weighted by molar-refractivity contribution is 0.104. The highest BCUT2D eigenvalue weighted by atomic mass is 16.1. The number of carbonyl (C=O) groups excluding carboxylic acids is 1. The van der Waals surface area contributed by atoms with Crippen molar-refractivity contribution in [1.29, 1.82) is 0 Å². The summed E-state index contributed by atoms with van der Waals surface area (Å²) < 4.78 is 2.40. The Morgan fingerprint density at radius 2 is 0.765 bits per heavy atom. The van der Waals surface area contributed by atoms with Crippen molar-refractivity contribution in [2.75, 3.05) is 0 Å². The van der Waals surface area contributed by atoms with Gasteiger partial charge >= 0.3 is 0 Å². The third-order valence-corrected chi connectivity index (χ3v) is 10.4. The molecule has 0 unspecified atom stereocenters. The lowest BCUT2D eigenvalue weighted by atomic mass is 9.93. The summed E-state index contributed by atoms with van der Waals surface area (Å²) in [5, 5.41) is 2.46. The number of hydrogen-bond donors (Lipinski definition) is 0. The zero-order valence-corrected chi connectivity index (χ0v) is 27.8. The van der Waals surface area contributed by atoms with E-state index in [1.165, 1.54) is 44.1 Å². The number of rotatable bonds is 5. The molecule has 8 aromatic carbocycles. The number of benzene rings is 8. The van der Waals surface area contributed by atoms with E-state index >= 15 is 0 Å². The number of ketones is 1. The number of hydrogen-bond acceptors (Lipinski definition) is 1. The van der Waals surface area contributed by atoms with Crippen LogP contribution >= 0.6 is 0 Å². The molecule has 51 heavy (non-hydrogen) atoms. The number of nitrogens with zero attached hydrogens (tertiary/aromatic N) is 1.